The van der Waals surface area contributed by atoms with Gasteiger partial charge in [0, 0.05) is 39.1 Å². The van der Waals surface area contributed by atoms with Gasteiger partial charge in [0.2, 0.25) is 5.91 Å². The van der Waals surface area contributed by atoms with Gasteiger partial charge in [0.15, 0.2) is 5.82 Å². The van der Waals surface area contributed by atoms with Gasteiger partial charge < -0.3 is 14.4 Å². The second kappa shape index (κ2) is 8.53. The van der Waals surface area contributed by atoms with Gasteiger partial charge in [-0.25, -0.2) is 4.98 Å². The van der Waals surface area contributed by atoms with Crippen LogP contribution in [0.5, 0.6) is 0 Å². The van der Waals surface area contributed by atoms with E-state index in [-0.39, 0.29) is 11.5 Å². The molecular weight excluding hydrogens is 388 g/mol. The van der Waals surface area contributed by atoms with E-state index in [2.05, 4.69) is 23.1 Å². The van der Waals surface area contributed by atoms with E-state index < -0.39 is 0 Å². The Morgan fingerprint density at radius 1 is 0.903 bits per heavy atom. The van der Waals surface area contributed by atoms with Gasteiger partial charge in [0.25, 0.3) is 5.56 Å². The van der Waals surface area contributed by atoms with Gasteiger partial charge >= 0.3 is 0 Å². The van der Waals surface area contributed by atoms with Crippen molar-refractivity contribution in [1.82, 2.24) is 14.5 Å². The number of para-hydroxylation sites is 2. The van der Waals surface area contributed by atoms with E-state index in [4.69, 9.17) is 4.98 Å². The number of anilines is 1. The zero-order chi connectivity index (χ0) is 21.2. The topological polar surface area (TPSA) is 58.4 Å². The van der Waals surface area contributed by atoms with E-state index in [0.717, 1.165) is 49.9 Å². The number of aromatic nitrogens is 2. The summed E-state index contributed by atoms with van der Waals surface area (Å²) in [5.41, 5.74) is 4.07. The lowest BCUT2D eigenvalue weighted by Gasteiger charge is -2.29. The molecule has 2 aromatic carbocycles. The van der Waals surface area contributed by atoms with Crippen LogP contribution >= 0.6 is 0 Å². The van der Waals surface area contributed by atoms with Crippen molar-refractivity contribution in [3.8, 4) is 0 Å². The number of piperidine rings is 1. The fraction of sp³-hybridized carbons (Fsp3) is 0.400. The molecule has 6 nitrogen and oxygen atoms in total. The predicted molar refractivity (Wildman–Crippen MR) is 122 cm³/mol. The number of nitrogens with zero attached hydrogens (tertiary/aromatic N) is 4. The van der Waals surface area contributed by atoms with Crippen molar-refractivity contribution >= 4 is 22.8 Å². The van der Waals surface area contributed by atoms with Crippen molar-refractivity contribution in [3.63, 3.8) is 0 Å². The third-order valence-corrected chi connectivity index (χ3v) is 6.52. The van der Waals surface area contributed by atoms with Gasteiger partial charge in [-0.05, 0) is 48.9 Å². The monoisotopic (exact) mass is 416 g/mol. The van der Waals surface area contributed by atoms with E-state index in [9.17, 15) is 9.59 Å². The van der Waals surface area contributed by atoms with Crippen molar-refractivity contribution in [2.75, 3.05) is 24.5 Å². The third-order valence-electron chi connectivity index (χ3n) is 6.52. The smallest absolute Gasteiger partial charge is 0.294 e. The Morgan fingerprint density at radius 3 is 2.48 bits per heavy atom. The maximum Gasteiger partial charge on any atom is 0.294 e. The fourth-order valence-corrected chi connectivity index (χ4v) is 4.79. The predicted octanol–water partition coefficient (Wildman–Crippen LogP) is 3.36. The largest absolute Gasteiger partial charge is 0.352 e. The zero-order valence-electron chi connectivity index (χ0n) is 17.8. The third kappa shape index (κ3) is 3.94. The molecule has 0 bridgehead atoms. The average molecular weight is 417 g/mol. The number of fused-ring (bicyclic) bond motifs is 2. The van der Waals surface area contributed by atoms with Crippen LogP contribution in [0.3, 0.4) is 0 Å². The highest BCUT2D eigenvalue weighted by Gasteiger charge is 2.22. The minimum Gasteiger partial charge on any atom is -0.352 e. The summed E-state index contributed by atoms with van der Waals surface area (Å²) in [6.45, 7) is 3.50. The highest BCUT2D eigenvalue weighted by Crippen LogP contribution is 2.21. The summed E-state index contributed by atoms with van der Waals surface area (Å²) in [4.78, 5) is 35.1. The van der Waals surface area contributed by atoms with Crippen molar-refractivity contribution < 1.29 is 4.79 Å². The van der Waals surface area contributed by atoms with Crippen molar-refractivity contribution in [1.29, 1.82) is 0 Å². The summed E-state index contributed by atoms with van der Waals surface area (Å²) in [6.07, 6.45) is 4.58. The standard InChI is InChI=1S/C25H28N4O2/c30-23(28-16-12-19-8-2-3-9-20(19)18-28)13-17-29-22-11-5-4-10-21(22)26-24(25(29)31)27-14-6-1-7-15-27/h2-5,8-11H,1,6-7,12-18H2. The molecule has 1 fully saturated rings. The molecule has 0 radical (unpaired) electrons. The highest BCUT2D eigenvalue weighted by atomic mass is 16.2. The molecule has 1 aromatic heterocycles. The minimum atomic E-state index is -0.0858. The number of aryl methyl sites for hydroxylation is 1. The number of benzene rings is 2. The first-order chi connectivity index (χ1) is 15.2. The maximum atomic E-state index is 13.4. The first-order valence-corrected chi connectivity index (χ1v) is 11.3. The molecule has 160 valence electrons. The van der Waals surface area contributed by atoms with Crippen molar-refractivity contribution in [3.05, 3.63) is 70.0 Å². The SMILES string of the molecule is O=C(CCn1c(=O)c(N2CCCCC2)nc2ccccc21)N1CCc2ccccc2C1. The van der Waals surface area contributed by atoms with Gasteiger partial charge in [-0.3, -0.25) is 9.59 Å². The van der Waals surface area contributed by atoms with Crippen LogP contribution in [0.4, 0.5) is 5.82 Å². The second-order valence-corrected chi connectivity index (χ2v) is 8.51. The summed E-state index contributed by atoms with van der Waals surface area (Å²) < 4.78 is 1.75. The average Bonchev–Trinajstić information content (AvgIpc) is 2.83. The van der Waals surface area contributed by atoms with E-state index in [1.807, 2.05) is 35.2 Å². The number of hydrogen-bond donors (Lipinski definition) is 0. The van der Waals surface area contributed by atoms with Gasteiger partial charge in [0.1, 0.15) is 0 Å². The lowest BCUT2D eigenvalue weighted by atomic mass is 10.00. The van der Waals surface area contributed by atoms with Gasteiger partial charge in [-0.2, -0.15) is 0 Å². The molecule has 0 saturated carbocycles. The quantitative estimate of drug-likeness (QED) is 0.654. The first kappa shape index (κ1) is 19.8. The van der Waals surface area contributed by atoms with Crippen LogP contribution in [-0.2, 0) is 24.3 Å². The molecular formula is C25H28N4O2. The molecule has 3 aromatic rings. The van der Waals surface area contributed by atoms with Crippen LogP contribution in [0.15, 0.2) is 53.3 Å². The molecule has 2 aliphatic heterocycles. The number of carbonyl (C=O) groups excluding carboxylic acids is 1. The number of carbonyl (C=O) groups is 1. The highest BCUT2D eigenvalue weighted by molar-refractivity contribution is 5.78. The molecule has 31 heavy (non-hydrogen) atoms. The van der Waals surface area contributed by atoms with E-state index in [0.29, 0.717) is 25.3 Å². The molecule has 0 N–H and O–H groups in total. The van der Waals surface area contributed by atoms with Crippen LogP contribution in [0.25, 0.3) is 11.0 Å². The van der Waals surface area contributed by atoms with E-state index >= 15 is 0 Å². The Labute approximate surface area is 182 Å². The van der Waals surface area contributed by atoms with Crippen LogP contribution in [0.2, 0.25) is 0 Å². The van der Waals surface area contributed by atoms with Crippen molar-refractivity contribution in [2.45, 2.75) is 45.2 Å². The molecule has 0 spiro atoms. The Balaban J connectivity index is 1.39. The molecule has 1 saturated heterocycles. The number of rotatable bonds is 4. The van der Waals surface area contributed by atoms with E-state index in [1.165, 1.54) is 17.5 Å². The Bertz CT molecular complexity index is 1160. The minimum absolute atomic E-state index is 0.0858. The fourth-order valence-electron chi connectivity index (χ4n) is 4.79. The molecule has 0 unspecified atom stereocenters. The summed E-state index contributed by atoms with van der Waals surface area (Å²) in [5, 5.41) is 0. The number of hydrogen-bond acceptors (Lipinski definition) is 4. The molecule has 5 rings (SSSR count). The van der Waals surface area contributed by atoms with Gasteiger partial charge in [-0.1, -0.05) is 36.4 Å². The molecule has 2 aliphatic rings. The summed E-state index contributed by atoms with van der Waals surface area (Å²) in [5.74, 6) is 0.625. The maximum absolute atomic E-state index is 13.4. The van der Waals surface area contributed by atoms with Crippen LogP contribution in [0, 0.1) is 0 Å². The molecule has 3 heterocycles. The second-order valence-electron chi connectivity index (χ2n) is 8.51. The normalized spacial score (nSPS) is 16.4. The number of amides is 1. The molecule has 0 aliphatic carbocycles. The summed E-state index contributed by atoms with van der Waals surface area (Å²) in [6, 6.07) is 16.1. The molecule has 1 amide bonds. The van der Waals surface area contributed by atoms with Crippen LogP contribution in [-0.4, -0.2) is 40.0 Å². The zero-order valence-corrected chi connectivity index (χ0v) is 17.8. The summed E-state index contributed by atoms with van der Waals surface area (Å²) >= 11 is 0. The molecule has 6 heteroatoms. The summed E-state index contributed by atoms with van der Waals surface area (Å²) in [7, 11) is 0. The Kier molecular flexibility index (Phi) is 5.45. The first-order valence-electron chi connectivity index (χ1n) is 11.3. The van der Waals surface area contributed by atoms with Crippen LogP contribution in [0.1, 0.15) is 36.8 Å². The van der Waals surface area contributed by atoms with Gasteiger partial charge in [-0.15, -0.1) is 0 Å². The molecule has 0 atom stereocenters. The van der Waals surface area contributed by atoms with Crippen LogP contribution < -0.4 is 10.5 Å². The lowest BCUT2D eigenvalue weighted by molar-refractivity contribution is -0.132. The van der Waals surface area contributed by atoms with Gasteiger partial charge in [0.05, 0.1) is 11.0 Å². The lowest BCUT2D eigenvalue weighted by Crippen LogP contribution is -2.39. The Morgan fingerprint density at radius 2 is 1.65 bits per heavy atom. The van der Waals surface area contributed by atoms with Crippen molar-refractivity contribution in [2.24, 2.45) is 0 Å². The Hall–Kier alpha value is -3.15. The van der Waals surface area contributed by atoms with E-state index in [1.54, 1.807) is 4.57 Å².